The van der Waals surface area contributed by atoms with Crippen LogP contribution in [0.4, 0.5) is 0 Å². The van der Waals surface area contributed by atoms with Gasteiger partial charge in [0.05, 0.1) is 11.5 Å². The van der Waals surface area contributed by atoms with Crippen molar-refractivity contribution in [2.45, 2.75) is 43.9 Å². The van der Waals surface area contributed by atoms with Gasteiger partial charge in [-0.3, -0.25) is 4.18 Å². The number of hydrogen-bond donors (Lipinski definition) is 0. The van der Waals surface area contributed by atoms with Crippen LogP contribution in [0.5, 0.6) is 0 Å². The van der Waals surface area contributed by atoms with E-state index in [4.69, 9.17) is 4.18 Å². The van der Waals surface area contributed by atoms with Gasteiger partial charge in [0.15, 0.2) is 0 Å². The summed E-state index contributed by atoms with van der Waals surface area (Å²) in [6.07, 6.45) is 5.35. The molecule has 0 saturated heterocycles. The SMILES string of the molecule is CCCCCCCOS(=O)(=O)c1ccccc1. The second kappa shape index (κ2) is 7.45. The van der Waals surface area contributed by atoms with Crippen molar-refractivity contribution in [1.29, 1.82) is 0 Å². The lowest BCUT2D eigenvalue weighted by Gasteiger charge is -2.05. The highest BCUT2D eigenvalue weighted by Gasteiger charge is 2.13. The zero-order chi connectivity index (χ0) is 12.6. The Bertz CT molecular complexity index is 398. The Hall–Kier alpha value is -0.870. The second-order valence-corrected chi connectivity index (χ2v) is 5.62. The quantitative estimate of drug-likeness (QED) is 0.529. The van der Waals surface area contributed by atoms with E-state index in [1.807, 2.05) is 0 Å². The summed E-state index contributed by atoms with van der Waals surface area (Å²) in [6, 6.07) is 8.26. The molecule has 1 aromatic carbocycles. The molecular weight excluding hydrogens is 236 g/mol. The Morgan fingerprint density at radius 1 is 1.00 bits per heavy atom. The number of benzene rings is 1. The van der Waals surface area contributed by atoms with Crippen LogP contribution in [-0.4, -0.2) is 15.0 Å². The Morgan fingerprint density at radius 3 is 2.29 bits per heavy atom. The molecule has 0 bridgehead atoms. The molecule has 3 nitrogen and oxygen atoms in total. The molecule has 4 heteroatoms. The van der Waals surface area contributed by atoms with Crippen LogP contribution in [0.2, 0.25) is 0 Å². The average Bonchev–Trinajstić information content (AvgIpc) is 2.35. The molecule has 0 aliphatic carbocycles. The Labute approximate surface area is 104 Å². The molecule has 0 aliphatic rings. The van der Waals surface area contributed by atoms with E-state index in [1.54, 1.807) is 30.3 Å². The summed E-state index contributed by atoms with van der Waals surface area (Å²) in [5.74, 6) is 0. The molecule has 0 aliphatic heterocycles. The third kappa shape index (κ3) is 5.33. The van der Waals surface area contributed by atoms with E-state index in [9.17, 15) is 8.42 Å². The molecule has 0 saturated carbocycles. The molecule has 0 fully saturated rings. The lowest BCUT2D eigenvalue weighted by molar-refractivity contribution is 0.306. The van der Waals surface area contributed by atoms with E-state index in [0.717, 1.165) is 19.3 Å². The van der Waals surface area contributed by atoms with Crippen LogP contribution in [0.15, 0.2) is 35.2 Å². The van der Waals surface area contributed by atoms with Crippen molar-refractivity contribution in [3.05, 3.63) is 30.3 Å². The van der Waals surface area contributed by atoms with Crippen LogP contribution < -0.4 is 0 Å². The predicted molar refractivity (Wildman–Crippen MR) is 68.3 cm³/mol. The van der Waals surface area contributed by atoms with Crippen LogP contribution in [-0.2, 0) is 14.3 Å². The van der Waals surface area contributed by atoms with Gasteiger partial charge >= 0.3 is 0 Å². The third-order valence-electron chi connectivity index (χ3n) is 2.52. The van der Waals surface area contributed by atoms with Crippen molar-refractivity contribution in [3.63, 3.8) is 0 Å². The molecule has 0 aromatic heterocycles. The first-order valence-electron chi connectivity index (χ1n) is 6.11. The first-order valence-corrected chi connectivity index (χ1v) is 7.52. The highest BCUT2D eigenvalue weighted by molar-refractivity contribution is 7.86. The second-order valence-electron chi connectivity index (χ2n) is 4.00. The maximum atomic E-state index is 11.7. The van der Waals surface area contributed by atoms with Gasteiger partial charge in [0.25, 0.3) is 10.1 Å². The van der Waals surface area contributed by atoms with Gasteiger partial charge < -0.3 is 0 Å². The Balaban J connectivity index is 2.31. The molecule has 0 spiro atoms. The first kappa shape index (κ1) is 14.2. The lowest BCUT2D eigenvalue weighted by Crippen LogP contribution is -2.07. The topological polar surface area (TPSA) is 43.4 Å². The number of hydrogen-bond acceptors (Lipinski definition) is 3. The summed E-state index contributed by atoms with van der Waals surface area (Å²) in [7, 11) is -3.55. The van der Waals surface area contributed by atoms with E-state index < -0.39 is 10.1 Å². The Morgan fingerprint density at radius 2 is 1.65 bits per heavy atom. The average molecular weight is 256 g/mol. The lowest BCUT2D eigenvalue weighted by atomic mass is 10.2. The molecule has 1 rings (SSSR count). The minimum atomic E-state index is -3.55. The first-order chi connectivity index (χ1) is 8.17. The van der Waals surface area contributed by atoms with Gasteiger partial charge in [-0.1, -0.05) is 50.8 Å². The standard InChI is InChI=1S/C13H20O3S/c1-2-3-4-5-9-12-16-17(14,15)13-10-7-6-8-11-13/h6-8,10-11H,2-5,9,12H2,1H3. The summed E-state index contributed by atoms with van der Waals surface area (Å²) in [5.41, 5.74) is 0. The molecule has 0 N–H and O–H groups in total. The molecule has 0 atom stereocenters. The minimum absolute atomic E-state index is 0.230. The van der Waals surface area contributed by atoms with Crippen LogP contribution in [0.1, 0.15) is 39.0 Å². The highest BCUT2D eigenvalue weighted by Crippen LogP contribution is 2.12. The summed E-state index contributed by atoms with van der Waals surface area (Å²) < 4.78 is 28.4. The molecule has 96 valence electrons. The monoisotopic (exact) mass is 256 g/mol. The van der Waals surface area contributed by atoms with E-state index in [-0.39, 0.29) is 11.5 Å². The van der Waals surface area contributed by atoms with Crippen LogP contribution in [0, 0.1) is 0 Å². The molecule has 0 radical (unpaired) electrons. The summed E-state index contributed by atoms with van der Waals surface area (Å²) in [4.78, 5) is 0.230. The van der Waals surface area contributed by atoms with E-state index >= 15 is 0 Å². The highest BCUT2D eigenvalue weighted by atomic mass is 32.2. The molecule has 0 unspecified atom stereocenters. The van der Waals surface area contributed by atoms with Crippen molar-refractivity contribution in [1.82, 2.24) is 0 Å². The van der Waals surface area contributed by atoms with Crippen LogP contribution >= 0.6 is 0 Å². The zero-order valence-electron chi connectivity index (χ0n) is 10.3. The van der Waals surface area contributed by atoms with Crippen molar-refractivity contribution in [2.24, 2.45) is 0 Å². The maximum Gasteiger partial charge on any atom is 0.296 e. The number of unbranched alkanes of at least 4 members (excludes halogenated alkanes) is 4. The van der Waals surface area contributed by atoms with Gasteiger partial charge in [-0.05, 0) is 18.6 Å². The summed E-state index contributed by atoms with van der Waals surface area (Å²) in [6.45, 7) is 2.43. The largest absolute Gasteiger partial charge is 0.296 e. The van der Waals surface area contributed by atoms with Crippen LogP contribution in [0.3, 0.4) is 0 Å². The minimum Gasteiger partial charge on any atom is -0.266 e. The normalized spacial score (nSPS) is 11.6. The van der Waals surface area contributed by atoms with Crippen LogP contribution in [0.25, 0.3) is 0 Å². The van der Waals surface area contributed by atoms with E-state index in [2.05, 4.69) is 6.92 Å². The third-order valence-corrected chi connectivity index (χ3v) is 3.84. The van der Waals surface area contributed by atoms with Gasteiger partial charge in [0, 0.05) is 0 Å². The van der Waals surface area contributed by atoms with Crippen molar-refractivity contribution in [3.8, 4) is 0 Å². The van der Waals surface area contributed by atoms with Gasteiger partial charge in [-0.25, -0.2) is 0 Å². The van der Waals surface area contributed by atoms with Crippen molar-refractivity contribution < 1.29 is 12.6 Å². The molecule has 17 heavy (non-hydrogen) atoms. The number of rotatable bonds is 8. The maximum absolute atomic E-state index is 11.7. The van der Waals surface area contributed by atoms with Crippen molar-refractivity contribution in [2.75, 3.05) is 6.61 Å². The van der Waals surface area contributed by atoms with Crippen molar-refractivity contribution >= 4 is 10.1 Å². The molecule has 0 amide bonds. The summed E-state index contributed by atoms with van der Waals surface area (Å²) >= 11 is 0. The predicted octanol–water partition coefficient (Wildman–Crippen LogP) is 3.36. The summed E-state index contributed by atoms with van der Waals surface area (Å²) in [5, 5.41) is 0. The zero-order valence-corrected chi connectivity index (χ0v) is 11.1. The van der Waals surface area contributed by atoms with E-state index in [1.165, 1.54) is 12.8 Å². The van der Waals surface area contributed by atoms with Gasteiger partial charge in [-0.15, -0.1) is 0 Å². The fourth-order valence-electron chi connectivity index (χ4n) is 1.53. The fraction of sp³-hybridized carbons (Fsp3) is 0.538. The molecular formula is C13H20O3S. The van der Waals surface area contributed by atoms with E-state index in [0.29, 0.717) is 0 Å². The molecule has 1 aromatic rings. The van der Waals surface area contributed by atoms with Gasteiger partial charge in [-0.2, -0.15) is 8.42 Å². The molecule has 0 heterocycles. The Kier molecular flexibility index (Phi) is 6.22. The van der Waals surface area contributed by atoms with Gasteiger partial charge in [0.1, 0.15) is 0 Å². The fourth-order valence-corrected chi connectivity index (χ4v) is 2.49. The van der Waals surface area contributed by atoms with Gasteiger partial charge in [0.2, 0.25) is 0 Å². The smallest absolute Gasteiger partial charge is 0.266 e.